The quantitative estimate of drug-likeness (QED) is 0.833. The molecule has 0 heterocycles. The second-order valence-electron chi connectivity index (χ2n) is 2.56. The third kappa shape index (κ3) is 4.15. The zero-order chi connectivity index (χ0) is 8.97. The summed E-state index contributed by atoms with van der Waals surface area (Å²) in [7, 11) is 0. The van der Waals surface area contributed by atoms with Crippen LogP contribution in [0.25, 0.3) is 0 Å². The minimum Gasteiger partial charge on any atom is -0.370 e. The van der Waals surface area contributed by atoms with Crippen LogP contribution in [0.5, 0.6) is 0 Å². The highest BCUT2D eigenvalue weighted by Gasteiger charge is 2.00. The van der Waals surface area contributed by atoms with Gasteiger partial charge in [-0.15, -0.1) is 12.4 Å². The van der Waals surface area contributed by atoms with Crippen LogP contribution in [0.1, 0.15) is 12.0 Å². The van der Waals surface area contributed by atoms with Crippen LogP contribution in [0, 0.1) is 0 Å². The van der Waals surface area contributed by atoms with Gasteiger partial charge in [0.05, 0.1) is 0 Å². The van der Waals surface area contributed by atoms with Gasteiger partial charge in [-0.25, -0.2) is 0 Å². The summed E-state index contributed by atoms with van der Waals surface area (Å²) < 4.78 is 0. The second-order valence-corrected chi connectivity index (χ2v) is 2.96. The van der Waals surface area contributed by atoms with Gasteiger partial charge >= 0.3 is 0 Å². The molecule has 1 rings (SSSR count). The number of carbonyl (C=O) groups excluding carboxylic acids is 1. The molecule has 0 saturated carbocycles. The molecule has 0 aromatic heterocycles. The summed E-state index contributed by atoms with van der Waals surface area (Å²) in [6, 6.07) is 7.45. The van der Waals surface area contributed by atoms with Crippen molar-refractivity contribution in [3.8, 4) is 0 Å². The van der Waals surface area contributed by atoms with Crippen molar-refractivity contribution in [2.45, 2.75) is 12.8 Å². The van der Waals surface area contributed by atoms with Crippen LogP contribution in [0.4, 0.5) is 0 Å². The van der Waals surface area contributed by atoms with Gasteiger partial charge in [-0.05, 0) is 18.1 Å². The molecule has 0 saturated heterocycles. The van der Waals surface area contributed by atoms with Crippen molar-refractivity contribution in [3.63, 3.8) is 0 Å². The lowest BCUT2D eigenvalue weighted by Crippen LogP contribution is -2.11. The Morgan fingerprint density at radius 1 is 1.38 bits per heavy atom. The number of amides is 1. The van der Waals surface area contributed by atoms with E-state index >= 15 is 0 Å². The summed E-state index contributed by atoms with van der Waals surface area (Å²) in [6.45, 7) is 0. The highest BCUT2D eigenvalue weighted by molar-refractivity contribution is 6.31. The van der Waals surface area contributed by atoms with E-state index in [1.54, 1.807) is 6.07 Å². The highest BCUT2D eigenvalue weighted by Crippen LogP contribution is 2.15. The number of hydrogen-bond acceptors (Lipinski definition) is 1. The van der Waals surface area contributed by atoms with Gasteiger partial charge in [0.25, 0.3) is 0 Å². The summed E-state index contributed by atoms with van der Waals surface area (Å²) in [6.07, 6.45) is 0.971. The van der Waals surface area contributed by atoms with E-state index in [1.165, 1.54) is 0 Å². The molecule has 0 unspecified atom stereocenters. The topological polar surface area (TPSA) is 43.1 Å². The number of aryl methyl sites for hydroxylation is 1. The molecule has 0 bridgehead atoms. The first-order valence-corrected chi connectivity index (χ1v) is 4.09. The van der Waals surface area contributed by atoms with E-state index in [4.69, 9.17) is 17.3 Å². The maximum absolute atomic E-state index is 10.5. The van der Waals surface area contributed by atoms with Crippen LogP contribution in [-0.4, -0.2) is 5.91 Å². The molecule has 1 aromatic carbocycles. The van der Waals surface area contributed by atoms with E-state index in [9.17, 15) is 4.79 Å². The van der Waals surface area contributed by atoms with E-state index in [-0.39, 0.29) is 18.3 Å². The van der Waals surface area contributed by atoms with Crippen molar-refractivity contribution >= 4 is 29.9 Å². The molecule has 72 valence electrons. The Labute approximate surface area is 88.5 Å². The Balaban J connectivity index is 0.00000144. The van der Waals surface area contributed by atoms with E-state index < -0.39 is 0 Å². The van der Waals surface area contributed by atoms with Crippen LogP contribution in [0.3, 0.4) is 0 Å². The van der Waals surface area contributed by atoms with Crippen LogP contribution in [-0.2, 0) is 11.2 Å². The van der Waals surface area contributed by atoms with Gasteiger partial charge in [0.15, 0.2) is 0 Å². The minimum atomic E-state index is -0.296. The first-order valence-electron chi connectivity index (χ1n) is 3.72. The highest BCUT2D eigenvalue weighted by atomic mass is 35.5. The van der Waals surface area contributed by atoms with Gasteiger partial charge in [-0.3, -0.25) is 4.79 Å². The zero-order valence-corrected chi connectivity index (χ0v) is 8.57. The molecule has 0 aliphatic rings. The summed E-state index contributed by atoms with van der Waals surface area (Å²) in [5, 5.41) is 0.693. The fourth-order valence-electron chi connectivity index (χ4n) is 0.959. The van der Waals surface area contributed by atoms with Gasteiger partial charge in [0, 0.05) is 11.4 Å². The third-order valence-electron chi connectivity index (χ3n) is 1.60. The number of halogens is 2. The average Bonchev–Trinajstić information content (AvgIpc) is 2.03. The molecule has 0 spiro atoms. The van der Waals surface area contributed by atoms with Gasteiger partial charge in [0.1, 0.15) is 0 Å². The smallest absolute Gasteiger partial charge is 0.217 e. The predicted molar refractivity (Wildman–Crippen MR) is 56.2 cm³/mol. The Morgan fingerprint density at radius 3 is 2.54 bits per heavy atom. The maximum Gasteiger partial charge on any atom is 0.217 e. The molecule has 2 N–H and O–H groups in total. The first-order chi connectivity index (χ1) is 5.70. The SMILES string of the molecule is Cl.NC(=O)CCc1ccccc1Cl. The molecule has 4 heteroatoms. The molecular weight excluding hydrogens is 209 g/mol. The molecule has 0 atom stereocenters. The Hall–Kier alpha value is -0.730. The number of nitrogens with two attached hydrogens (primary N) is 1. The van der Waals surface area contributed by atoms with Crippen molar-refractivity contribution in [2.75, 3.05) is 0 Å². The van der Waals surface area contributed by atoms with Crippen LogP contribution >= 0.6 is 24.0 Å². The predicted octanol–water partition coefficient (Wildman–Crippen LogP) is 2.18. The number of carbonyl (C=O) groups is 1. The van der Waals surface area contributed by atoms with Crippen LogP contribution < -0.4 is 5.73 Å². The molecule has 0 radical (unpaired) electrons. The van der Waals surface area contributed by atoms with Gasteiger partial charge < -0.3 is 5.73 Å². The molecule has 0 aliphatic heterocycles. The normalized spacial score (nSPS) is 9.00. The molecular formula is C9H11Cl2NO. The number of primary amides is 1. The minimum absolute atomic E-state index is 0. The standard InChI is InChI=1S/C9H10ClNO.ClH/c10-8-4-2-1-3-7(8)5-6-9(11)12;/h1-4H,5-6H2,(H2,11,12);1H. The zero-order valence-electron chi connectivity index (χ0n) is 7.00. The number of benzene rings is 1. The number of rotatable bonds is 3. The second kappa shape index (κ2) is 5.84. The summed E-state index contributed by atoms with van der Waals surface area (Å²) >= 11 is 5.86. The van der Waals surface area contributed by atoms with Gasteiger partial charge in [-0.2, -0.15) is 0 Å². The van der Waals surface area contributed by atoms with Crippen molar-refractivity contribution in [1.29, 1.82) is 0 Å². The van der Waals surface area contributed by atoms with Gasteiger partial charge in [0.2, 0.25) is 5.91 Å². The molecule has 0 aliphatic carbocycles. The van der Waals surface area contributed by atoms with E-state index in [0.717, 1.165) is 5.56 Å². The Morgan fingerprint density at radius 2 is 2.00 bits per heavy atom. The molecule has 2 nitrogen and oxygen atoms in total. The number of hydrogen-bond donors (Lipinski definition) is 1. The van der Waals surface area contributed by atoms with Crippen molar-refractivity contribution in [1.82, 2.24) is 0 Å². The monoisotopic (exact) mass is 219 g/mol. The van der Waals surface area contributed by atoms with E-state index in [0.29, 0.717) is 17.9 Å². The fraction of sp³-hybridized carbons (Fsp3) is 0.222. The molecule has 1 amide bonds. The Kier molecular flexibility index (Phi) is 5.51. The lowest BCUT2D eigenvalue weighted by molar-refractivity contribution is -0.117. The summed E-state index contributed by atoms with van der Waals surface area (Å²) in [4.78, 5) is 10.5. The maximum atomic E-state index is 10.5. The lowest BCUT2D eigenvalue weighted by atomic mass is 10.1. The van der Waals surface area contributed by atoms with Crippen LogP contribution in [0.15, 0.2) is 24.3 Å². The van der Waals surface area contributed by atoms with Crippen LogP contribution in [0.2, 0.25) is 5.02 Å². The average molecular weight is 220 g/mol. The van der Waals surface area contributed by atoms with E-state index in [2.05, 4.69) is 0 Å². The third-order valence-corrected chi connectivity index (χ3v) is 1.97. The fourth-order valence-corrected chi connectivity index (χ4v) is 1.19. The van der Waals surface area contributed by atoms with Gasteiger partial charge in [-0.1, -0.05) is 29.8 Å². The molecule has 1 aromatic rings. The first kappa shape index (κ1) is 12.3. The van der Waals surface area contributed by atoms with Crippen molar-refractivity contribution in [3.05, 3.63) is 34.9 Å². The molecule has 0 fully saturated rings. The Bertz CT molecular complexity index is 289. The molecule has 13 heavy (non-hydrogen) atoms. The summed E-state index contributed by atoms with van der Waals surface area (Å²) in [5.41, 5.74) is 5.98. The largest absolute Gasteiger partial charge is 0.370 e. The lowest BCUT2D eigenvalue weighted by Gasteiger charge is -2.00. The van der Waals surface area contributed by atoms with Crippen molar-refractivity contribution in [2.24, 2.45) is 5.73 Å². The van der Waals surface area contributed by atoms with E-state index in [1.807, 2.05) is 18.2 Å². The summed E-state index contributed by atoms with van der Waals surface area (Å²) in [5.74, 6) is -0.296. The van der Waals surface area contributed by atoms with Crippen molar-refractivity contribution < 1.29 is 4.79 Å².